The Bertz CT molecular complexity index is 1270. The third-order valence-electron chi connectivity index (χ3n) is 7.09. The van der Waals surface area contributed by atoms with Crippen molar-refractivity contribution in [2.75, 3.05) is 50.8 Å². The van der Waals surface area contributed by atoms with E-state index in [0.717, 1.165) is 24.1 Å². The number of halogens is 5. The molecule has 0 aliphatic carbocycles. The molecule has 2 aromatic rings. The number of benzene rings is 1. The lowest BCUT2D eigenvalue weighted by Crippen LogP contribution is -2.53. The van der Waals surface area contributed by atoms with Gasteiger partial charge >= 0.3 is 12.2 Å². The molecule has 2 unspecified atom stereocenters. The van der Waals surface area contributed by atoms with Gasteiger partial charge in [0.05, 0.1) is 21.9 Å². The van der Waals surface area contributed by atoms with Gasteiger partial charge < -0.3 is 15.1 Å². The van der Waals surface area contributed by atoms with Gasteiger partial charge in [-0.1, -0.05) is 29.3 Å². The van der Waals surface area contributed by atoms with E-state index in [1.165, 1.54) is 10.4 Å². The van der Waals surface area contributed by atoms with Crippen LogP contribution in [0.1, 0.15) is 24.0 Å². The topological polar surface area (TPSA) is 85.8 Å². The minimum atomic E-state index is -4.48. The number of nitrogens with one attached hydrogen (secondary N) is 1. The predicted octanol–water partition coefficient (Wildman–Crippen LogP) is 4.62. The van der Waals surface area contributed by atoms with Crippen LogP contribution >= 0.6 is 23.2 Å². The van der Waals surface area contributed by atoms with Gasteiger partial charge in [0.15, 0.2) is 0 Å². The van der Waals surface area contributed by atoms with E-state index in [9.17, 15) is 26.4 Å². The van der Waals surface area contributed by atoms with Crippen molar-refractivity contribution >= 4 is 45.1 Å². The second-order valence-electron chi connectivity index (χ2n) is 9.64. The van der Waals surface area contributed by atoms with Crippen LogP contribution in [0.15, 0.2) is 36.5 Å². The second-order valence-corrected chi connectivity index (χ2v) is 12.4. The third-order valence-corrected chi connectivity index (χ3v) is 9.14. The summed E-state index contributed by atoms with van der Waals surface area (Å²) in [6.07, 6.45) is -2.54. The monoisotopic (exact) mass is 593 g/mol. The Kier molecular flexibility index (Phi) is 8.37. The van der Waals surface area contributed by atoms with Crippen LogP contribution in [0.4, 0.5) is 23.8 Å². The van der Waals surface area contributed by atoms with Crippen LogP contribution in [0, 0.1) is 5.92 Å². The Balaban J connectivity index is 1.52. The van der Waals surface area contributed by atoms with Gasteiger partial charge in [0.1, 0.15) is 5.82 Å². The molecule has 0 saturated carbocycles. The minimum Gasteiger partial charge on any atom is -0.367 e. The first-order valence-electron chi connectivity index (χ1n) is 12.0. The van der Waals surface area contributed by atoms with Crippen LogP contribution in [-0.4, -0.2) is 85.1 Å². The number of nitrogens with zero attached hydrogens (tertiary/aromatic N) is 4. The number of alkyl halides is 3. The Hall–Kier alpha value is -2.28. The maximum absolute atomic E-state index is 13.4. The molecular formula is C24H28Cl2F3N5O3S. The number of urea groups is 1. The third kappa shape index (κ3) is 6.47. The van der Waals surface area contributed by atoms with Crippen molar-refractivity contribution in [3.63, 3.8) is 0 Å². The minimum absolute atomic E-state index is 0.127. The number of rotatable bonds is 5. The molecule has 208 valence electrons. The number of hydrogen-bond acceptors (Lipinski definition) is 5. The van der Waals surface area contributed by atoms with E-state index in [1.54, 1.807) is 21.9 Å². The van der Waals surface area contributed by atoms with Crippen molar-refractivity contribution < 1.29 is 26.4 Å². The van der Waals surface area contributed by atoms with Crippen molar-refractivity contribution in [1.82, 2.24) is 19.1 Å². The predicted molar refractivity (Wildman–Crippen MR) is 140 cm³/mol. The van der Waals surface area contributed by atoms with Gasteiger partial charge in [0, 0.05) is 63.3 Å². The fraction of sp³-hybridized carbons (Fsp3) is 0.500. The molecule has 38 heavy (non-hydrogen) atoms. The summed E-state index contributed by atoms with van der Waals surface area (Å²) in [5, 5.41) is 3.98. The zero-order chi connectivity index (χ0) is 27.8. The number of hydrogen-bond donors (Lipinski definition) is 1. The molecule has 1 aromatic carbocycles. The molecule has 4 rings (SSSR count). The van der Waals surface area contributed by atoms with Gasteiger partial charge in [-0.2, -0.15) is 17.5 Å². The molecule has 2 aliphatic rings. The quantitative estimate of drug-likeness (QED) is 0.547. The van der Waals surface area contributed by atoms with Crippen molar-refractivity contribution in [3.05, 3.63) is 57.7 Å². The summed E-state index contributed by atoms with van der Waals surface area (Å²) in [6.45, 7) is 3.70. The zero-order valence-electron chi connectivity index (χ0n) is 20.8. The van der Waals surface area contributed by atoms with Crippen LogP contribution < -0.4 is 5.32 Å². The smallest absolute Gasteiger partial charge is 0.367 e. The van der Waals surface area contributed by atoms with Gasteiger partial charge in [0.25, 0.3) is 0 Å². The first-order valence-corrected chi connectivity index (χ1v) is 14.6. The maximum Gasteiger partial charge on any atom is 0.417 e. The highest BCUT2D eigenvalue weighted by molar-refractivity contribution is 7.88. The van der Waals surface area contributed by atoms with Gasteiger partial charge in [0.2, 0.25) is 10.0 Å². The normalized spacial score (nSPS) is 22.0. The standard InChI is InChI=1S/C24H28Cl2F3N5O3S/c1-15(31-22-6-4-17(12-30-22)24(27,28)29)18-13-33(14-19(18)16-3-5-20(25)21(26)11-16)23(35)32-7-9-34(10-8-32)38(2,36)37/h3-6,11-12,15,18-19H,7-10,13-14H2,1-2H3,(H,30,31)/t15-,18?,19?/m1/s1. The number of pyridine rings is 1. The molecule has 8 nitrogen and oxygen atoms in total. The molecule has 2 saturated heterocycles. The Labute approximate surface area is 229 Å². The first kappa shape index (κ1) is 28.7. The van der Waals surface area contributed by atoms with Gasteiger partial charge in [-0.05, 0) is 36.8 Å². The van der Waals surface area contributed by atoms with Crippen LogP contribution in [0.5, 0.6) is 0 Å². The van der Waals surface area contributed by atoms with Crippen LogP contribution in [0.25, 0.3) is 0 Å². The summed E-state index contributed by atoms with van der Waals surface area (Å²) >= 11 is 12.4. The van der Waals surface area contributed by atoms with E-state index in [2.05, 4.69) is 10.3 Å². The molecule has 0 radical (unpaired) electrons. The number of carbonyl (C=O) groups excluding carboxylic acids is 1. The molecule has 2 aliphatic heterocycles. The van der Waals surface area contributed by atoms with E-state index >= 15 is 0 Å². The molecule has 1 aromatic heterocycles. The highest BCUT2D eigenvalue weighted by Crippen LogP contribution is 2.38. The fourth-order valence-electron chi connectivity index (χ4n) is 4.99. The fourth-order valence-corrected chi connectivity index (χ4v) is 6.12. The summed E-state index contributed by atoms with van der Waals surface area (Å²) in [5.74, 6) is 0.0284. The summed E-state index contributed by atoms with van der Waals surface area (Å²) in [7, 11) is -3.33. The Morgan fingerprint density at radius 2 is 1.74 bits per heavy atom. The largest absolute Gasteiger partial charge is 0.417 e. The average molecular weight is 594 g/mol. The number of anilines is 1. The lowest BCUT2D eigenvalue weighted by molar-refractivity contribution is -0.137. The lowest BCUT2D eigenvalue weighted by atomic mass is 9.84. The molecular weight excluding hydrogens is 566 g/mol. The lowest BCUT2D eigenvalue weighted by Gasteiger charge is -2.35. The molecule has 3 atom stereocenters. The summed E-state index contributed by atoms with van der Waals surface area (Å²) < 4.78 is 63.8. The summed E-state index contributed by atoms with van der Waals surface area (Å²) in [5.41, 5.74) is 0.0496. The van der Waals surface area contributed by atoms with Crippen LogP contribution in [0.3, 0.4) is 0 Å². The molecule has 1 N–H and O–H groups in total. The number of aromatic nitrogens is 1. The van der Waals surface area contributed by atoms with Crippen LogP contribution in [0.2, 0.25) is 10.0 Å². The highest BCUT2D eigenvalue weighted by Gasteiger charge is 2.41. The number of likely N-dealkylation sites (tertiary alicyclic amines) is 1. The first-order chi connectivity index (χ1) is 17.7. The average Bonchev–Trinajstić information content (AvgIpc) is 3.30. The molecule has 0 spiro atoms. The molecule has 14 heteroatoms. The highest BCUT2D eigenvalue weighted by atomic mass is 35.5. The Morgan fingerprint density at radius 3 is 2.29 bits per heavy atom. The Morgan fingerprint density at radius 1 is 1.05 bits per heavy atom. The van der Waals surface area contributed by atoms with Gasteiger partial charge in [-0.25, -0.2) is 18.2 Å². The summed E-state index contributed by atoms with van der Waals surface area (Å²) in [6, 6.07) is 7.12. The number of piperazine rings is 1. The zero-order valence-corrected chi connectivity index (χ0v) is 23.1. The number of sulfonamides is 1. The molecule has 0 bridgehead atoms. The van der Waals surface area contributed by atoms with Crippen LogP contribution in [-0.2, 0) is 16.2 Å². The van der Waals surface area contributed by atoms with E-state index in [0.29, 0.717) is 29.0 Å². The van der Waals surface area contributed by atoms with Crippen molar-refractivity contribution in [1.29, 1.82) is 0 Å². The number of carbonyl (C=O) groups is 1. The number of amides is 2. The van der Waals surface area contributed by atoms with Crippen molar-refractivity contribution in [2.45, 2.75) is 25.1 Å². The summed E-state index contributed by atoms with van der Waals surface area (Å²) in [4.78, 5) is 20.7. The molecule has 3 heterocycles. The van der Waals surface area contributed by atoms with E-state index in [1.807, 2.05) is 13.0 Å². The van der Waals surface area contributed by atoms with E-state index < -0.39 is 21.8 Å². The van der Waals surface area contributed by atoms with E-state index in [-0.39, 0.29) is 50.1 Å². The van der Waals surface area contributed by atoms with Gasteiger partial charge in [-0.15, -0.1) is 0 Å². The maximum atomic E-state index is 13.4. The second kappa shape index (κ2) is 11.1. The van der Waals surface area contributed by atoms with Crippen molar-refractivity contribution in [2.24, 2.45) is 5.92 Å². The van der Waals surface area contributed by atoms with E-state index in [4.69, 9.17) is 23.2 Å². The molecule has 2 amide bonds. The van der Waals surface area contributed by atoms with Crippen molar-refractivity contribution in [3.8, 4) is 0 Å². The SMILES string of the molecule is C[C@@H](Nc1ccc(C(F)(F)F)cn1)C1CN(C(=O)N2CCN(S(C)(=O)=O)CC2)CC1c1ccc(Cl)c(Cl)c1. The molecule has 2 fully saturated rings. The van der Waals surface area contributed by atoms with Gasteiger partial charge in [-0.3, -0.25) is 0 Å².